The predicted octanol–water partition coefficient (Wildman–Crippen LogP) is 3.46. The maximum atomic E-state index is 11.1. The van der Waals surface area contributed by atoms with E-state index in [1.54, 1.807) is 0 Å². The van der Waals surface area contributed by atoms with Crippen LogP contribution in [-0.4, -0.2) is 23.9 Å². The van der Waals surface area contributed by atoms with Crippen molar-refractivity contribution in [2.24, 2.45) is 0 Å². The van der Waals surface area contributed by atoms with Crippen LogP contribution in [0.1, 0.15) is 60.3 Å². The fourth-order valence-corrected chi connectivity index (χ4v) is 0.953. The summed E-state index contributed by atoms with van der Waals surface area (Å²) < 4.78 is 0. The Bertz CT molecular complexity index is 121. The molecule has 0 aromatic heterocycles. The van der Waals surface area contributed by atoms with Crippen molar-refractivity contribution in [1.82, 2.24) is 4.90 Å². The average molecular weight is 201 g/mol. The first kappa shape index (κ1) is 15.9. The van der Waals surface area contributed by atoms with Gasteiger partial charge in [0.05, 0.1) is 0 Å². The molecular weight excluding hydrogens is 174 g/mol. The summed E-state index contributed by atoms with van der Waals surface area (Å²) in [6.45, 7) is 12.1. The van der Waals surface area contributed by atoms with Gasteiger partial charge in [0.15, 0.2) is 0 Å². The SMILES string of the molecule is CCCC.CCCN(CC)C(=O)CC. The molecule has 0 N–H and O–H groups in total. The zero-order valence-corrected chi connectivity index (χ0v) is 10.6. The van der Waals surface area contributed by atoms with Crippen LogP contribution in [0.15, 0.2) is 0 Å². The van der Waals surface area contributed by atoms with Gasteiger partial charge < -0.3 is 4.90 Å². The highest BCUT2D eigenvalue weighted by Gasteiger charge is 2.05. The third-order valence-corrected chi connectivity index (χ3v) is 2.03. The molecule has 2 nitrogen and oxygen atoms in total. The normalized spacial score (nSPS) is 8.93. The van der Waals surface area contributed by atoms with Gasteiger partial charge in [-0.1, -0.05) is 40.5 Å². The summed E-state index contributed by atoms with van der Waals surface area (Å²) in [5.41, 5.74) is 0. The van der Waals surface area contributed by atoms with Gasteiger partial charge >= 0.3 is 0 Å². The van der Waals surface area contributed by atoms with Crippen molar-refractivity contribution < 1.29 is 4.79 Å². The monoisotopic (exact) mass is 201 g/mol. The molecule has 0 radical (unpaired) electrons. The number of carbonyl (C=O) groups excluding carboxylic acids is 1. The van der Waals surface area contributed by atoms with Crippen LogP contribution < -0.4 is 0 Å². The lowest BCUT2D eigenvalue weighted by Crippen LogP contribution is -2.30. The molecule has 86 valence electrons. The molecule has 0 fully saturated rings. The Labute approximate surface area is 89.7 Å². The van der Waals surface area contributed by atoms with E-state index in [-0.39, 0.29) is 5.91 Å². The summed E-state index contributed by atoms with van der Waals surface area (Å²) in [6.07, 6.45) is 4.33. The van der Waals surface area contributed by atoms with Crippen LogP contribution in [0.2, 0.25) is 0 Å². The fourth-order valence-electron chi connectivity index (χ4n) is 0.953. The first-order valence-corrected chi connectivity index (χ1v) is 5.95. The van der Waals surface area contributed by atoms with Crippen LogP contribution >= 0.6 is 0 Å². The Morgan fingerprint density at radius 1 is 0.929 bits per heavy atom. The van der Waals surface area contributed by atoms with E-state index in [1.165, 1.54) is 12.8 Å². The van der Waals surface area contributed by atoms with Crippen molar-refractivity contribution in [3.05, 3.63) is 0 Å². The van der Waals surface area contributed by atoms with Gasteiger partial charge in [-0.15, -0.1) is 0 Å². The topological polar surface area (TPSA) is 20.3 Å². The molecule has 0 aliphatic rings. The summed E-state index contributed by atoms with van der Waals surface area (Å²) in [5.74, 6) is 0.268. The molecule has 0 aliphatic carbocycles. The van der Waals surface area contributed by atoms with E-state index in [9.17, 15) is 4.79 Å². The lowest BCUT2D eigenvalue weighted by atomic mass is 10.3. The standard InChI is InChI=1S/C8H17NO.C4H10/c1-4-7-9(6-3)8(10)5-2;1-3-4-2/h4-7H2,1-3H3;3-4H2,1-2H3. The molecular formula is C12H27NO. The van der Waals surface area contributed by atoms with Crippen LogP contribution in [0.25, 0.3) is 0 Å². The molecule has 0 rings (SSSR count). The molecule has 0 aliphatic heterocycles. The van der Waals surface area contributed by atoms with Crippen molar-refractivity contribution >= 4 is 5.91 Å². The summed E-state index contributed by atoms with van der Waals surface area (Å²) in [5, 5.41) is 0. The average Bonchev–Trinajstić information content (AvgIpc) is 2.25. The molecule has 0 saturated carbocycles. The quantitative estimate of drug-likeness (QED) is 0.667. The first-order valence-electron chi connectivity index (χ1n) is 5.95. The molecule has 2 heteroatoms. The van der Waals surface area contributed by atoms with Gasteiger partial charge in [-0.2, -0.15) is 0 Å². The third kappa shape index (κ3) is 9.56. The van der Waals surface area contributed by atoms with Crippen LogP contribution in [-0.2, 0) is 4.79 Å². The van der Waals surface area contributed by atoms with Crippen molar-refractivity contribution in [2.75, 3.05) is 13.1 Å². The number of rotatable bonds is 5. The zero-order valence-electron chi connectivity index (χ0n) is 10.6. The second-order valence-electron chi connectivity index (χ2n) is 3.33. The van der Waals surface area contributed by atoms with Gasteiger partial charge in [0.25, 0.3) is 0 Å². The summed E-state index contributed by atoms with van der Waals surface area (Å²) in [7, 11) is 0. The van der Waals surface area contributed by atoms with E-state index < -0.39 is 0 Å². The first-order chi connectivity index (χ1) is 6.67. The number of unbranched alkanes of at least 4 members (excludes halogenated alkanes) is 1. The van der Waals surface area contributed by atoms with Gasteiger partial charge in [-0.25, -0.2) is 0 Å². The highest BCUT2D eigenvalue weighted by atomic mass is 16.2. The van der Waals surface area contributed by atoms with Gasteiger partial charge in [0.2, 0.25) is 5.91 Å². The molecule has 1 amide bonds. The molecule has 0 heterocycles. The van der Waals surface area contributed by atoms with Crippen LogP contribution in [0.4, 0.5) is 0 Å². The minimum Gasteiger partial charge on any atom is -0.343 e. The Balaban J connectivity index is 0. The number of nitrogens with zero attached hydrogens (tertiary/aromatic N) is 1. The number of carbonyl (C=O) groups is 1. The van der Waals surface area contributed by atoms with Crippen molar-refractivity contribution in [3.63, 3.8) is 0 Å². The predicted molar refractivity (Wildman–Crippen MR) is 63.4 cm³/mol. The lowest BCUT2D eigenvalue weighted by molar-refractivity contribution is -0.130. The molecule has 0 saturated heterocycles. The van der Waals surface area contributed by atoms with Gasteiger partial charge in [0.1, 0.15) is 0 Å². The van der Waals surface area contributed by atoms with Crippen molar-refractivity contribution in [2.45, 2.75) is 60.3 Å². The second kappa shape index (κ2) is 12.5. The Morgan fingerprint density at radius 3 is 1.64 bits per heavy atom. The van der Waals surface area contributed by atoms with E-state index in [4.69, 9.17) is 0 Å². The molecule has 0 aromatic rings. The second-order valence-corrected chi connectivity index (χ2v) is 3.33. The van der Waals surface area contributed by atoms with Crippen molar-refractivity contribution in [3.8, 4) is 0 Å². The molecule has 0 unspecified atom stereocenters. The van der Waals surface area contributed by atoms with Crippen molar-refractivity contribution in [1.29, 1.82) is 0 Å². The van der Waals surface area contributed by atoms with E-state index in [2.05, 4.69) is 20.8 Å². The highest BCUT2D eigenvalue weighted by molar-refractivity contribution is 5.75. The summed E-state index contributed by atoms with van der Waals surface area (Å²) in [4.78, 5) is 12.9. The van der Waals surface area contributed by atoms with Gasteiger partial charge in [-0.3, -0.25) is 4.79 Å². The van der Waals surface area contributed by atoms with E-state index in [0.29, 0.717) is 6.42 Å². The molecule has 0 aromatic carbocycles. The highest BCUT2D eigenvalue weighted by Crippen LogP contribution is 1.94. The molecule has 0 atom stereocenters. The number of hydrogen-bond donors (Lipinski definition) is 0. The lowest BCUT2D eigenvalue weighted by Gasteiger charge is -2.18. The summed E-state index contributed by atoms with van der Waals surface area (Å²) in [6, 6.07) is 0. The minimum atomic E-state index is 0.268. The largest absolute Gasteiger partial charge is 0.343 e. The number of amides is 1. The van der Waals surface area contributed by atoms with Gasteiger partial charge in [-0.05, 0) is 13.3 Å². The Kier molecular flexibility index (Phi) is 14.2. The van der Waals surface area contributed by atoms with E-state index in [1.807, 2.05) is 18.7 Å². The van der Waals surface area contributed by atoms with Crippen LogP contribution in [0.5, 0.6) is 0 Å². The maximum absolute atomic E-state index is 11.1. The fraction of sp³-hybridized carbons (Fsp3) is 0.917. The molecule has 0 bridgehead atoms. The Morgan fingerprint density at radius 2 is 1.43 bits per heavy atom. The zero-order chi connectivity index (χ0) is 11.4. The van der Waals surface area contributed by atoms with E-state index in [0.717, 1.165) is 19.5 Å². The van der Waals surface area contributed by atoms with Crippen LogP contribution in [0, 0.1) is 0 Å². The summed E-state index contributed by atoms with van der Waals surface area (Å²) >= 11 is 0. The number of hydrogen-bond acceptors (Lipinski definition) is 1. The third-order valence-electron chi connectivity index (χ3n) is 2.03. The molecule has 0 spiro atoms. The smallest absolute Gasteiger partial charge is 0.222 e. The van der Waals surface area contributed by atoms with Crippen LogP contribution in [0.3, 0.4) is 0 Å². The maximum Gasteiger partial charge on any atom is 0.222 e. The van der Waals surface area contributed by atoms with Gasteiger partial charge in [0, 0.05) is 19.5 Å². The minimum absolute atomic E-state index is 0.268. The Hall–Kier alpha value is -0.530. The molecule has 14 heavy (non-hydrogen) atoms. The van der Waals surface area contributed by atoms with E-state index >= 15 is 0 Å².